The van der Waals surface area contributed by atoms with Gasteiger partial charge in [-0.05, 0) is 24.3 Å². The highest BCUT2D eigenvalue weighted by Gasteiger charge is 2.01. The topological polar surface area (TPSA) is 57.8 Å². The van der Waals surface area contributed by atoms with E-state index >= 15 is 0 Å². The van der Waals surface area contributed by atoms with Crippen molar-refractivity contribution >= 4 is 11.5 Å². The van der Waals surface area contributed by atoms with E-state index in [0.717, 1.165) is 12.1 Å². The molecule has 0 saturated heterocycles. The predicted molar refractivity (Wildman–Crippen MR) is 56.5 cm³/mol. The molecule has 0 spiro atoms. The van der Waals surface area contributed by atoms with E-state index in [4.69, 9.17) is 0 Å². The van der Waals surface area contributed by atoms with E-state index in [1.54, 1.807) is 24.4 Å². The first-order chi connectivity index (χ1) is 7.75. The summed E-state index contributed by atoms with van der Waals surface area (Å²) in [5, 5.41) is 16.8. The molecule has 0 amide bonds. The van der Waals surface area contributed by atoms with Gasteiger partial charge in [-0.2, -0.15) is 0 Å². The first kappa shape index (κ1) is 10.2. The highest BCUT2D eigenvalue weighted by Crippen LogP contribution is 2.27. The third-order valence-electron chi connectivity index (χ3n) is 1.85. The Morgan fingerprint density at radius 1 is 1.12 bits per heavy atom. The largest absolute Gasteiger partial charge is 0.506 e. The van der Waals surface area contributed by atoms with Crippen molar-refractivity contribution < 1.29 is 9.50 Å². The quantitative estimate of drug-likeness (QED) is 0.784. The third kappa shape index (κ3) is 2.38. The number of phenolic OH excluding ortho intramolecular Hbond substituents is 1. The highest BCUT2D eigenvalue weighted by molar-refractivity contribution is 5.50. The summed E-state index contributed by atoms with van der Waals surface area (Å²) < 4.78 is 12.8. The van der Waals surface area contributed by atoms with E-state index < -0.39 is 5.82 Å². The van der Waals surface area contributed by atoms with Crippen LogP contribution in [0.25, 0.3) is 0 Å². The smallest absolute Gasteiger partial charge is 0.174 e. The Bertz CT molecular complexity index is 514. The average Bonchev–Trinajstić information content (AvgIpc) is 2.32. The summed E-state index contributed by atoms with van der Waals surface area (Å²) in [7, 11) is 0. The zero-order chi connectivity index (χ0) is 11.4. The summed E-state index contributed by atoms with van der Waals surface area (Å²) in [6.07, 6.45) is 1.57. The van der Waals surface area contributed by atoms with Crippen LogP contribution >= 0.6 is 0 Å². The fraction of sp³-hybridized carbons (Fsp3) is 0. The molecular formula is C11H8FN3O. The van der Waals surface area contributed by atoms with Crippen molar-refractivity contribution in [3.63, 3.8) is 0 Å². The minimum absolute atomic E-state index is 0.0747. The van der Waals surface area contributed by atoms with Crippen LogP contribution in [-0.2, 0) is 0 Å². The van der Waals surface area contributed by atoms with E-state index in [0.29, 0.717) is 5.82 Å². The number of pyridine rings is 1. The van der Waals surface area contributed by atoms with Crippen molar-refractivity contribution in [2.45, 2.75) is 0 Å². The van der Waals surface area contributed by atoms with E-state index in [2.05, 4.69) is 15.2 Å². The highest BCUT2D eigenvalue weighted by atomic mass is 19.1. The van der Waals surface area contributed by atoms with Crippen LogP contribution in [0.2, 0.25) is 0 Å². The lowest BCUT2D eigenvalue weighted by atomic mass is 10.3. The minimum Gasteiger partial charge on any atom is -0.506 e. The van der Waals surface area contributed by atoms with Gasteiger partial charge in [0.05, 0.1) is 0 Å². The number of aromatic nitrogens is 1. The monoisotopic (exact) mass is 217 g/mol. The van der Waals surface area contributed by atoms with E-state index in [1.807, 2.05) is 0 Å². The number of azo groups is 1. The van der Waals surface area contributed by atoms with E-state index in [1.165, 1.54) is 6.07 Å². The van der Waals surface area contributed by atoms with Crippen molar-refractivity contribution in [3.8, 4) is 5.75 Å². The molecule has 0 aliphatic heterocycles. The Labute approximate surface area is 91.1 Å². The normalized spacial score (nSPS) is 10.8. The van der Waals surface area contributed by atoms with Gasteiger partial charge < -0.3 is 5.11 Å². The molecule has 1 aromatic heterocycles. The van der Waals surface area contributed by atoms with Crippen LogP contribution in [0.3, 0.4) is 0 Å². The Kier molecular flexibility index (Phi) is 2.86. The molecule has 0 bridgehead atoms. The molecular weight excluding hydrogens is 209 g/mol. The number of benzene rings is 1. The number of nitrogens with zero attached hydrogens (tertiary/aromatic N) is 3. The molecule has 1 N–H and O–H groups in total. The molecule has 2 rings (SSSR count). The van der Waals surface area contributed by atoms with Crippen molar-refractivity contribution in [1.82, 2.24) is 4.98 Å². The fourth-order valence-corrected chi connectivity index (χ4v) is 1.09. The third-order valence-corrected chi connectivity index (χ3v) is 1.85. The molecule has 80 valence electrons. The second-order valence-electron chi connectivity index (χ2n) is 3.02. The van der Waals surface area contributed by atoms with Crippen molar-refractivity contribution in [3.05, 3.63) is 48.4 Å². The van der Waals surface area contributed by atoms with Crippen molar-refractivity contribution in [1.29, 1.82) is 0 Å². The second-order valence-corrected chi connectivity index (χ2v) is 3.02. The van der Waals surface area contributed by atoms with Gasteiger partial charge >= 0.3 is 0 Å². The summed E-state index contributed by atoms with van der Waals surface area (Å²) in [5.41, 5.74) is 0.0747. The van der Waals surface area contributed by atoms with Gasteiger partial charge in [-0.25, -0.2) is 9.37 Å². The molecule has 0 saturated carbocycles. The van der Waals surface area contributed by atoms with Gasteiger partial charge in [0, 0.05) is 12.3 Å². The number of halogens is 1. The molecule has 1 heterocycles. The molecule has 4 nitrogen and oxygen atoms in total. The van der Waals surface area contributed by atoms with Crippen LogP contribution in [0.5, 0.6) is 5.75 Å². The lowest BCUT2D eigenvalue weighted by molar-refractivity contribution is 0.474. The molecule has 1 aromatic carbocycles. The zero-order valence-corrected chi connectivity index (χ0v) is 8.21. The van der Waals surface area contributed by atoms with Crippen LogP contribution < -0.4 is 0 Å². The van der Waals surface area contributed by atoms with Crippen LogP contribution in [0.1, 0.15) is 0 Å². The lowest BCUT2D eigenvalue weighted by Gasteiger charge is -1.96. The van der Waals surface area contributed by atoms with E-state index in [9.17, 15) is 9.50 Å². The van der Waals surface area contributed by atoms with Crippen LogP contribution in [0.15, 0.2) is 52.8 Å². The maximum Gasteiger partial charge on any atom is 0.174 e. The fourth-order valence-electron chi connectivity index (χ4n) is 1.09. The average molecular weight is 217 g/mol. The molecule has 0 radical (unpaired) electrons. The Hall–Kier alpha value is -2.30. The Balaban J connectivity index is 2.27. The number of hydrogen-bond acceptors (Lipinski definition) is 4. The van der Waals surface area contributed by atoms with Gasteiger partial charge in [0.2, 0.25) is 0 Å². The number of rotatable bonds is 2. The molecule has 0 atom stereocenters. The molecule has 5 heteroatoms. The van der Waals surface area contributed by atoms with Gasteiger partial charge in [-0.15, -0.1) is 10.2 Å². The molecule has 2 aromatic rings. The number of phenols is 1. The molecule has 16 heavy (non-hydrogen) atoms. The van der Waals surface area contributed by atoms with Crippen molar-refractivity contribution in [2.24, 2.45) is 10.2 Å². The van der Waals surface area contributed by atoms with Gasteiger partial charge in [0.25, 0.3) is 0 Å². The summed E-state index contributed by atoms with van der Waals surface area (Å²) in [6.45, 7) is 0. The number of aromatic hydroxyl groups is 1. The lowest BCUT2D eigenvalue weighted by Crippen LogP contribution is -1.73. The van der Waals surface area contributed by atoms with Gasteiger partial charge in [0.1, 0.15) is 17.3 Å². The van der Waals surface area contributed by atoms with Crippen LogP contribution in [0.4, 0.5) is 15.9 Å². The van der Waals surface area contributed by atoms with Gasteiger partial charge in [0.15, 0.2) is 5.82 Å². The molecule has 0 unspecified atom stereocenters. The van der Waals surface area contributed by atoms with Crippen LogP contribution in [-0.4, -0.2) is 10.1 Å². The summed E-state index contributed by atoms with van der Waals surface area (Å²) in [4.78, 5) is 3.91. The first-order valence-corrected chi connectivity index (χ1v) is 4.57. The Morgan fingerprint density at radius 2 is 2.00 bits per heavy atom. The Morgan fingerprint density at radius 3 is 2.75 bits per heavy atom. The van der Waals surface area contributed by atoms with E-state index in [-0.39, 0.29) is 11.4 Å². The maximum absolute atomic E-state index is 12.8. The summed E-state index contributed by atoms with van der Waals surface area (Å²) in [6, 6.07) is 8.63. The first-order valence-electron chi connectivity index (χ1n) is 4.57. The van der Waals surface area contributed by atoms with Gasteiger partial charge in [-0.1, -0.05) is 6.07 Å². The zero-order valence-electron chi connectivity index (χ0n) is 8.21. The summed E-state index contributed by atoms with van der Waals surface area (Å²) >= 11 is 0. The standard InChI is InChI=1S/C11H8FN3O/c12-8-4-5-10(16)9(7-8)14-15-11-3-1-2-6-13-11/h1-7,16H. The van der Waals surface area contributed by atoms with Gasteiger partial charge in [-0.3, -0.25) is 0 Å². The summed E-state index contributed by atoms with van der Waals surface area (Å²) in [5.74, 6) is -0.208. The minimum atomic E-state index is -0.479. The maximum atomic E-state index is 12.8. The predicted octanol–water partition coefficient (Wildman–Crippen LogP) is 3.34. The number of hydrogen-bond donors (Lipinski definition) is 1. The molecule has 0 aliphatic rings. The van der Waals surface area contributed by atoms with Crippen molar-refractivity contribution in [2.75, 3.05) is 0 Å². The second kappa shape index (κ2) is 4.48. The molecule has 0 fully saturated rings. The molecule has 0 aliphatic carbocycles. The SMILES string of the molecule is Oc1ccc(F)cc1N=Nc1ccccn1. The van der Waals surface area contributed by atoms with Crippen LogP contribution in [0, 0.1) is 5.82 Å².